The van der Waals surface area contributed by atoms with Gasteiger partial charge in [-0.3, -0.25) is 5.43 Å². The van der Waals surface area contributed by atoms with E-state index in [0.29, 0.717) is 5.82 Å². The van der Waals surface area contributed by atoms with Gasteiger partial charge in [0, 0.05) is 11.9 Å². The summed E-state index contributed by atoms with van der Waals surface area (Å²) in [6, 6.07) is 7.44. The number of fused-ring (bicyclic) bond motifs is 1. The van der Waals surface area contributed by atoms with E-state index in [2.05, 4.69) is 20.7 Å². The van der Waals surface area contributed by atoms with E-state index in [1.807, 2.05) is 24.3 Å². The lowest BCUT2D eigenvalue weighted by Crippen LogP contribution is -2.37. The third-order valence-corrected chi connectivity index (χ3v) is 2.71. The lowest BCUT2D eigenvalue weighted by molar-refractivity contribution is 0.0132. The average Bonchev–Trinajstić information content (AvgIpc) is 2.44. The van der Waals surface area contributed by atoms with Crippen LogP contribution in [-0.2, 0) is 0 Å². The smallest absolute Gasteiger partial charge is 0.239 e. The number of nitrogens with one attached hydrogen (secondary N) is 2. The molecule has 1 unspecified atom stereocenters. The molecule has 1 aromatic carbocycles. The fourth-order valence-electron chi connectivity index (χ4n) is 1.61. The number of hydrazine groups is 1. The summed E-state index contributed by atoms with van der Waals surface area (Å²) in [7, 11) is 0. The van der Waals surface area contributed by atoms with E-state index in [9.17, 15) is 5.11 Å². The summed E-state index contributed by atoms with van der Waals surface area (Å²) in [5.41, 5.74) is 1.91. The molecule has 2 aromatic rings. The summed E-state index contributed by atoms with van der Waals surface area (Å²) in [5.74, 6) is 6.16. The first-order valence-corrected chi connectivity index (χ1v) is 5.86. The van der Waals surface area contributed by atoms with Crippen LogP contribution in [0.1, 0.15) is 6.92 Å². The molecule has 7 nitrogen and oxygen atoms in total. The minimum absolute atomic E-state index is 0.161. The number of benzene rings is 1. The maximum Gasteiger partial charge on any atom is 0.239 e. The van der Waals surface area contributed by atoms with E-state index in [1.54, 1.807) is 0 Å². The number of rotatable bonds is 5. The van der Waals surface area contributed by atoms with E-state index < -0.39 is 5.60 Å². The van der Waals surface area contributed by atoms with Crippen LogP contribution >= 0.6 is 0 Å². The molecular weight excluding hydrogens is 246 g/mol. The van der Waals surface area contributed by atoms with Gasteiger partial charge in [-0.1, -0.05) is 12.1 Å². The summed E-state index contributed by atoms with van der Waals surface area (Å²) in [5, 5.41) is 22.6. The van der Waals surface area contributed by atoms with Gasteiger partial charge in [-0.05, 0) is 19.1 Å². The zero-order chi connectivity index (χ0) is 13.9. The van der Waals surface area contributed by atoms with Crippen LogP contribution in [0.25, 0.3) is 10.9 Å². The number of nitrogen functional groups attached to an aromatic ring is 1. The lowest BCUT2D eigenvalue weighted by Gasteiger charge is -2.21. The number of anilines is 2. The van der Waals surface area contributed by atoms with E-state index >= 15 is 0 Å². The van der Waals surface area contributed by atoms with Crippen molar-refractivity contribution in [2.24, 2.45) is 5.84 Å². The highest BCUT2D eigenvalue weighted by Gasteiger charge is 2.19. The highest BCUT2D eigenvalue weighted by Crippen LogP contribution is 2.21. The standard InChI is InChI=1S/C12H17N5O2/c1-12(19,7-18)6-14-10-8-4-2-3-5-9(8)15-11(16-10)17-13/h2-5,18-19H,6-7,13H2,1H3,(H2,14,15,16,17). The molecule has 0 saturated carbocycles. The Morgan fingerprint density at radius 2 is 2.05 bits per heavy atom. The molecule has 0 amide bonds. The van der Waals surface area contributed by atoms with Gasteiger partial charge in [0.2, 0.25) is 5.95 Å². The van der Waals surface area contributed by atoms with Crippen LogP contribution in [0, 0.1) is 0 Å². The topological polar surface area (TPSA) is 116 Å². The van der Waals surface area contributed by atoms with Gasteiger partial charge in [0.15, 0.2) is 0 Å². The molecule has 1 heterocycles. The molecule has 1 atom stereocenters. The van der Waals surface area contributed by atoms with Crippen LogP contribution in [0.15, 0.2) is 24.3 Å². The highest BCUT2D eigenvalue weighted by molar-refractivity contribution is 5.89. The summed E-state index contributed by atoms with van der Waals surface area (Å²) in [6.07, 6.45) is 0. The van der Waals surface area contributed by atoms with Crippen LogP contribution < -0.4 is 16.6 Å². The van der Waals surface area contributed by atoms with Gasteiger partial charge in [-0.25, -0.2) is 10.8 Å². The third-order valence-electron chi connectivity index (χ3n) is 2.71. The van der Waals surface area contributed by atoms with Gasteiger partial charge >= 0.3 is 0 Å². The summed E-state index contributed by atoms with van der Waals surface area (Å²) in [6.45, 7) is 1.35. The summed E-state index contributed by atoms with van der Waals surface area (Å²) in [4.78, 5) is 8.43. The molecule has 1 aromatic heterocycles. The Morgan fingerprint density at radius 1 is 1.32 bits per heavy atom. The fourth-order valence-corrected chi connectivity index (χ4v) is 1.61. The maximum absolute atomic E-state index is 9.79. The normalized spacial score (nSPS) is 14.1. The molecule has 7 heteroatoms. The van der Waals surface area contributed by atoms with E-state index in [0.717, 1.165) is 10.9 Å². The Hall–Kier alpha value is -1.96. The molecule has 2 rings (SSSR count). The Bertz CT molecular complexity index is 573. The van der Waals surface area contributed by atoms with Crippen molar-refractivity contribution in [3.8, 4) is 0 Å². The molecule has 0 spiro atoms. The molecule has 6 N–H and O–H groups in total. The first-order valence-electron chi connectivity index (χ1n) is 5.86. The predicted molar refractivity (Wildman–Crippen MR) is 73.5 cm³/mol. The van der Waals surface area contributed by atoms with Crippen molar-refractivity contribution in [1.29, 1.82) is 0 Å². The quantitative estimate of drug-likeness (QED) is 0.383. The van der Waals surface area contributed by atoms with Gasteiger partial charge in [-0.2, -0.15) is 4.98 Å². The molecule has 0 bridgehead atoms. The Balaban J connectivity index is 2.35. The zero-order valence-corrected chi connectivity index (χ0v) is 10.6. The van der Waals surface area contributed by atoms with Crippen LogP contribution in [0.5, 0.6) is 0 Å². The molecule has 0 saturated heterocycles. The van der Waals surface area contributed by atoms with Gasteiger partial charge < -0.3 is 15.5 Å². The molecule has 0 radical (unpaired) electrons. The largest absolute Gasteiger partial charge is 0.393 e. The Kier molecular flexibility index (Phi) is 3.79. The summed E-state index contributed by atoms with van der Waals surface area (Å²) < 4.78 is 0. The van der Waals surface area contributed by atoms with Crippen molar-refractivity contribution in [1.82, 2.24) is 9.97 Å². The van der Waals surface area contributed by atoms with Gasteiger partial charge in [-0.15, -0.1) is 0 Å². The van der Waals surface area contributed by atoms with Crippen molar-refractivity contribution in [3.05, 3.63) is 24.3 Å². The van der Waals surface area contributed by atoms with Crippen molar-refractivity contribution in [2.45, 2.75) is 12.5 Å². The minimum atomic E-state index is -1.22. The number of nitrogens with zero attached hydrogens (tertiary/aromatic N) is 2. The first-order chi connectivity index (χ1) is 9.05. The van der Waals surface area contributed by atoms with Crippen molar-refractivity contribution < 1.29 is 10.2 Å². The summed E-state index contributed by atoms with van der Waals surface area (Å²) >= 11 is 0. The van der Waals surface area contributed by atoms with Crippen molar-refractivity contribution in [3.63, 3.8) is 0 Å². The molecule has 0 aliphatic carbocycles. The van der Waals surface area contributed by atoms with Gasteiger partial charge in [0.25, 0.3) is 0 Å². The number of hydrogen-bond acceptors (Lipinski definition) is 7. The molecular formula is C12H17N5O2. The van der Waals surface area contributed by atoms with E-state index in [-0.39, 0.29) is 19.1 Å². The molecule has 0 aliphatic rings. The van der Waals surface area contributed by atoms with Crippen LogP contribution in [0.3, 0.4) is 0 Å². The minimum Gasteiger partial charge on any atom is -0.393 e. The second kappa shape index (κ2) is 5.35. The first kappa shape index (κ1) is 13.5. The average molecular weight is 263 g/mol. The molecule has 102 valence electrons. The van der Waals surface area contributed by atoms with Crippen LogP contribution in [0.2, 0.25) is 0 Å². The van der Waals surface area contributed by atoms with E-state index in [4.69, 9.17) is 10.9 Å². The number of hydrogen-bond donors (Lipinski definition) is 5. The SMILES string of the molecule is CC(O)(CO)CNc1nc(NN)nc2ccccc12. The predicted octanol–water partition coefficient (Wildman–Crippen LogP) is 0.0706. The van der Waals surface area contributed by atoms with Crippen LogP contribution in [-0.4, -0.2) is 38.9 Å². The lowest BCUT2D eigenvalue weighted by atomic mass is 10.1. The maximum atomic E-state index is 9.79. The Labute approximate surface area is 110 Å². The second-order valence-corrected chi connectivity index (χ2v) is 4.57. The number of aromatic nitrogens is 2. The molecule has 0 aliphatic heterocycles. The fraction of sp³-hybridized carbons (Fsp3) is 0.333. The monoisotopic (exact) mass is 263 g/mol. The molecule has 0 fully saturated rings. The number of aliphatic hydroxyl groups excluding tert-OH is 1. The number of aliphatic hydroxyl groups is 2. The Morgan fingerprint density at radius 3 is 2.74 bits per heavy atom. The van der Waals surface area contributed by atoms with Crippen molar-refractivity contribution in [2.75, 3.05) is 23.9 Å². The van der Waals surface area contributed by atoms with Gasteiger partial charge in [0.1, 0.15) is 11.4 Å². The second-order valence-electron chi connectivity index (χ2n) is 4.57. The highest BCUT2D eigenvalue weighted by atomic mass is 16.3. The molecule has 19 heavy (non-hydrogen) atoms. The van der Waals surface area contributed by atoms with Crippen molar-refractivity contribution >= 4 is 22.7 Å². The number of nitrogens with two attached hydrogens (primary N) is 1. The van der Waals surface area contributed by atoms with Gasteiger partial charge in [0.05, 0.1) is 12.1 Å². The third kappa shape index (κ3) is 3.08. The van der Waals surface area contributed by atoms with Crippen LogP contribution in [0.4, 0.5) is 11.8 Å². The van der Waals surface area contributed by atoms with E-state index in [1.165, 1.54) is 6.92 Å². The zero-order valence-electron chi connectivity index (χ0n) is 10.6. The number of para-hydroxylation sites is 1.